The first-order chi connectivity index (χ1) is 15.6. The van der Waals surface area contributed by atoms with Gasteiger partial charge in [-0.1, -0.05) is 67.6 Å². The number of pyridine rings is 1. The lowest BCUT2D eigenvalue weighted by Crippen LogP contribution is -2.40. The molecule has 166 valence electrons. The monoisotopic (exact) mass is 428 g/mol. The van der Waals surface area contributed by atoms with Crippen molar-refractivity contribution in [2.24, 2.45) is 0 Å². The first kappa shape index (κ1) is 22.0. The number of urea groups is 1. The number of nitrogens with one attached hydrogen (secondary N) is 2. The van der Waals surface area contributed by atoms with Gasteiger partial charge >= 0.3 is 6.03 Å². The molecule has 5 nitrogen and oxygen atoms in total. The van der Waals surface area contributed by atoms with Crippen LogP contribution < -0.4 is 10.6 Å². The molecule has 5 heteroatoms. The van der Waals surface area contributed by atoms with Gasteiger partial charge in [-0.05, 0) is 43.0 Å². The number of carbonyl (C=O) groups is 1. The molecule has 1 atom stereocenters. The van der Waals surface area contributed by atoms with Crippen LogP contribution in [0.3, 0.4) is 0 Å². The predicted molar refractivity (Wildman–Crippen MR) is 130 cm³/mol. The molecule has 0 bridgehead atoms. The second-order valence-electron chi connectivity index (χ2n) is 8.56. The fraction of sp³-hybridized carbons (Fsp3) is 0.333. The van der Waals surface area contributed by atoms with Crippen molar-refractivity contribution >= 4 is 11.7 Å². The van der Waals surface area contributed by atoms with Gasteiger partial charge in [-0.3, -0.25) is 4.98 Å². The third-order valence-electron chi connectivity index (χ3n) is 6.08. The maximum atomic E-state index is 12.6. The van der Waals surface area contributed by atoms with Crippen LogP contribution in [-0.2, 0) is 6.42 Å². The average molecular weight is 429 g/mol. The Balaban J connectivity index is 1.36. The van der Waals surface area contributed by atoms with E-state index in [9.17, 15) is 4.79 Å². The molecular weight excluding hydrogens is 396 g/mol. The minimum absolute atomic E-state index is 0.146. The number of hydrogen-bond acceptors (Lipinski definition) is 3. The Hall–Kier alpha value is -3.18. The Morgan fingerprint density at radius 2 is 1.72 bits per heavy atom. The van der Waals surface area contributed by atoms with E-state index in [-0.39, 0.29) is 12.1 Å². The van der Waals surface area contributed by atoms with Gasteiger partial charge in [0.15, 0.2) is 0 Å². The zero-order valence-electron chi connectivity index (χ0n) is 18.9. The molecule has 2 aromatic carbocycles. The number of likely N-dealkylation sites (tertiary alicyclic amines) is 1. The molecule has 1 saturated heterocycles. The van der Waals surface area contributed by atoms with Crippen molar-refractivity contribution in [3.63, 3.8) is 0 Å². The van der Waals surface area contributed by atoms with E-state index in [2.05, 4.69) is 88.1 Å². The first-order valence-electron chi connectivity index (χ1n) is 11.5. The molecule has 0 radical (unpaired) electrons. The summed E-state index contributed by atoms with van der Waals surface area (Å²) in [4.78, 5) is 19.5. The summed E-state index contributed by atoms with van der Waals surface area (Å²) in [6.45, 7) is 6.80. The fourth-order valence-corrected chi connectivity index (χ4v) is 4.49. The summed E-state index contributed by atoms with van der Waals surface area (Å²) in [7, 11) is 0. The molecule has 4 rings (SSSR count). The van der Waals surface area contributed by atoms with E-state index < -0.39 is 0 Å². The van der Waals surface area contributed by atoms with E-state index in [4.69, 9.17) is 0 Å². The van der Waals surface area contributed by atoms with Gasteiger partial charge in [0.2, 0.25) is 0 Å². The maximum absolute atomic E-state index is 12.6. The van der Waals surface area contributed by atoms with Crippen molar-refractivity contribution in [3.8, 4) is 0 Å². The maximum Gasteiger partial charge on any atom is 0.319 e. The summed E-state index contributed by atoms with van der Waals surface area (Å²) >= 11 is 0. The van der Waals surface area contributed by atoms with E-state index in [0.717, 1.165) is 49.6 Å². The third-order valence-corrected chi connectivity index (χ3v) is 6.08. The van der Waals surface area contributed by atoms with Gasteiger partial charge in [0.1, 0.15) is 0 Å². The highest BCUT2D eigenvalue weighted by molar-refractivity contribution is 5.89. The van der Waals surface area contributed by atoms with Gasteiger partial charge in [-0.2, -0.15) is 0 Å². The SMILES string of the molecule is CCc1cc(NC(=O)N[C@H]2CCN(CC(c3ccccc3)c3ccccc3)C2)cc(C)n1. The highest BCUT2D eigenvalue weighted by atomic mass is 16.2. The van der Waals surface area contributed by atoms with Crippen molar-refractivity contribution in [2.45, 2.75) is 38.6 Å². The van der Waals surface area contributed by atoms with Crippen LogP contribution in [0, 0.1) is 6.92 Å². The minimum atomic E-state index is -0.146. The summed E-state index contributed by atoms with van der Waals surface area (Å²) in [6.07, 6.45) is 1.80. The Bertz CT molecular complexity index is 983. The molecule has 2 amide bonds. The van der Waals surface area contributed by atoms with Gasteiger partial charge in [0.25, 0.3) is 0 Å². The van der Waals surface area contributed by atoms with Gasteiger partial charge in [0.05, 0.1) is 0 Å². The van der Waals surface area contributed by atoms with Crippen LogP contribution in [0.4, 0.5) is 10.5 Å². The number of hydrogen-bond donors (Lipinski definition) is 2. The highest BCUT2D eigenvalue weighted by Gasteiger charge is 2.27. The van der Waals surface area contributed by atoms with E-state index in [1.807, 2.05) is 19.1 Å². The smallest absolute Gasteiger partial charge is 0.319 e. The van der Waals surface area contributed by atoms with Crippen LogP contribution in [-0.4, -0.2) is 41.6 Å². The van der Waals surface area contributed by atoms with Gasteiger partial charge in [0, 0.05) is 48.7 Å². The standard InChI is InChI=1S/C27H32N4O/c1-3-23-17-25(16-20(2)28-23)30-27(32)29-24-14-15-31(18-24)19-26(21-10-6-4-7-11-21)22-12-8-5-9-13-22/h4-13,16-17,24,26H,3,14-15,18-19H2,1-2H3,(H2,28,29,30,32)/t24-/m0/s1. The Morgan fingerprint density at radius 1 is 1.06 bits per heavy atom. The number of benzene rings is 2. The molecular formula is C27H32N4O. The molecule has 0 spiro atoms. The molecule has 1 aromatic heterocycles. The Kier molecular flexibility index (Phi) is 7.17. The number of aromatic nitrogens is 1. The van der Waals surface area contributed by atoms with E-state index in [1.54, 1.807) is 0 Å². The zero-order valence-corrected chi connectivity index (χ0v) is 18.9. The van der Waals surface area contributed by atoms with Crippen LogP contribution in [0.15, 0.2) is 72.8 Å². The van der Waals surface area contributed by atoms with Crippen LogP contribution >= 0.6 is 0 Å². The molecule has 32 heavy (non-hydrogen) atoms. The van der Waals surface area contributed by atoms with Crippen LogP contribution in [0.25, 0.3) is 0 Å². The normalized spacial score (nSPS) is 16.3. The van der Waals surface area contributed by atoms with E-state index in [1.165, 1.54) is 11.1 Å². The van der Waals surface area contributed by atoms with E-state index >= 15 is 0 Å². The molecule has 2 heterocycles. The van der Waals surface area contributed by atoms with E-state index in [0.29, 0.717) is 5.92 Å². The predicted octanol–water partition coefficient (Wildman–Crippen LogP) is 4.98. The first-order valence-corrected chi connectivity index (χ1v) is 11.5. The number of anilines is 1. The van der Waals surface area contributed by atoms with Gasteiger partial charge < -0.3 is 15.5 Å². The van der Waals surface area contributed by atoms with Crippen LogP contribution in [0.5, 0.6) is 0 Å². The lowest BCUT2D eigenvalue weighted by molar-refractivity contribution is 0.247. The quantitative estimate of drug-likeness (QED) is 0.558. The van der Waals surface area contributed by atoms with Crippen LogP contribution in [0.1, 0.15) is 41.8 Å². The summed E-state index contributed by atoms with van der Waals surface area (Å²) in [5.74, 6) is 0.317. The molecule has 0 aliphatic carbocycles. The second-order valence-corrected chi connectivity index (χ2v) is 8.56. The van der Waals surface area contributed by atoms with Crippen molar-refractivity contribution in [1.82, 2.24) is 15.2 Å². The highest BCUT2D eigenvalue weighted by Crippen LogP contribution is 2.27. The Labute approximate surface area is 190 Å². The lowest BCUT2D eigenvalue weighted by atomic mass is 9.91. The zero-order chi connectivity index (χ0) is 22.3. The number of aryl methyl sites for hydroxylation is 2. The van der Waals surface area contributed by atoms with Crippen LogP contribution in [0.2, 0.25) is 0 Å². The molecule has 2 N–H and O–H groups in total. The topological polar surface area (TPSA) is 57.3 Å². The van der Waals surface area contributed by atoms with Gasteiger partial charge in [-0.15, -0.1) is 0 Å². The lowest BCUT2D eigenvalue weighted by Gasteiger charge is -2.25. The molecule has 0 saturated carbocycles. The van der Waals surface area contributed by atoms with Crippen molar-refractivity contribution in [1.29, 1.82) is 0 Å². The summed E-state index contributed by atoms with van der Waals surface area (Å²) in [5, 5.41) is 6.14. The summed E-state index contributed by atoms with van der Waals surface area (Å²) < 4.78 is 0. The number of amides is 2. The average Bonchev–Trinajstić information content (AvgIpc) is 3.24. The van der Waals surface area contributed by atoms with Crippen molar-refractivity contribution in [2.75, 3.05) is 25.0 Å². The largest absolute Gasteiger partial charge is 0.334 e. The van der Waals surface area contributed by atoms with Crippen molar-refractivity contribution < 1.29 is 4.79 Å². The molecule has 3 aromatic rings. The second kappa shape index (κ2) is 10.4. The fourth-order valence-electron chi connectivity index (χ4n) is 4.49. The minimum Gasteiger partial charge on any atom is -0.334 e. The number of rotatable bonds is 7. The summed E-state index contributed by atoms with van der Waals surface area (Å²) in [5.41, 5.74) is 5.36. The molecule has 0 unspecified atom stereocenters. The molecule has 1 fully saturated rings. The van der Waals surface area contributed by atoms with Crippen molar-refractivity contribution in [3.05, 3.63) is 95.3 Å². The Morgan fingerprint density at radius 3 is 2.34 bits per heavy atom. The number of nitrogens with zero attached hydrogens (tertiary/aromatic N) is 2. The number of carbonyl (C=O) groups excluding carboxylic acids is 1. The molecule has 1 aliphatic rings. The summed E-state index contributed by atoms with van der Waals surface area (Å²) in [6, 6.07) is 25.2. The third kappa shape index (κ3) is 5.74. The molecule has 1 aliphatic heterocycles. The van der Waals surface area contributed by atoms with Gasteiger partial charge in [-0.25, -0.2) is 4.79 Å².